The number of carbonyl (C=O) groups is 2. The Morgan fingerprint density at radius 1 is 0.564 bits per heavy atom. The average molecular weight is 551 g/mol. The molecule has 2 amide bonds. The highest BCUT2D eigenvalue weighted by molar-refractivity contribution is 5.79. The Balaban J connectivity index is 1.13. The number of carbonyl (C=O) groups excluding carboxylic acids is 2. The molecule has 11 nitrogen and oxygen atoms in total. The summed E-state index contributed by atoms with van der Waals surface area (Å²) in [4.78, 5) is 51.4. The maximum absolute atomic E-state index is 13.0. The van der Waals surface area contributed by atoms with Gasteiger partial charge in [-0.3, -0.25) is 29.8 Å². The second-order valence-electron chi connectivity index (χ2n) is 12.5. The van der Waals surface area contributed by atoms with E-state index in [-0.39, 0.29) is 57.8 Å². The lowest BCUT2D eigenvalue weighted by molar-refractivity contribution is -0.526. The number of rotatable bonds is 8. The van der Waals surface area contributed by atoms with Crippen molar-refractivity contribution in [3.63, 3.8) is 0 Å². The van der Waals surface area contributed by atoms with Crippen molar-refractivity contribution in [2.75, 3.05) is 14.1 Å². The smallest absolute Gasteiger partial charge is 0.225 e. The summed E-state index contributed by atoms with van der Waals surface area (Å²) in [6.45, 7) is 0. The molecule has 0 aromatic heterocycles. The first-order chi connectivity index (χ1) is 18.6. The van der Waals surface area contributed by atoms with Crippen LogP contribution in [-0.4, -0.2) is 81.9 Å². The Kier molecular flexibility index (Phi) is 10.2. The second-order valence-corrected chi connectivity index (χ2v) is 12.5. The standard InChI is InChI=1S/C28H46N4O7/c1-29(27(33)19-3-7-23(8-4-19)31(35)36)21-11-15-25(16-12-21)39-26-17-13-22(14-18-26)30(2)28(34)20-5-9-24(10-6-20)32(37)38/h19-26H,3-18H2,1-2H3. The van der Waals surface area contributed by atoms with E-state index in [0.29, 0.717) is 51.4 Å². The van der Waals surface area contributed by atoms with Gasteiger partial charge in [-0.05, 0) is 77.0 Å². The van der Waals surface area contributed by atoms with E-state index < -0.39 is 12.1 Å². The fourth-order valence-electron chi connectivity index (χ4n) is 7.41. The zero-order valence-electron chi connectivity index (χ0n) is 23.6. The molecule has 0 aromatic rings. The second kappa shape index (κ2) is 13.4. The first kappa shape index (κ1) is 29.7. The summed E-state index contributed by atoms with van der Waals surface area (Å²) in [5.41, 5.74) is 0. The molecule has 0 aromatic carbocycles. The Morgan fingerprint density at radius 2 is 0.872 bits per heavy atom. The Morgan fingerprint density at radius 3 is 1.15 bits per heavy atom. The maximum Gasteiger partial charge on any atom is 0.225 e. The van der Waals surface area contributed by atoms with Crippen molar-refractivity contribution in [2.24, 2.45) is 11.8 Å². The molecule has 4 rings (SSSR count). The third-order valence-electron chi connectivity index (χ3n) is 10.2. The van der Waals surface area contributed by atoms with Gasteiger partial charge in [0, 0.05) is 73.5 Å². The van der Waals surface area contributed by atoms with E-state index in [9.17, 15) is 29.8 Å². The van der Waals surface area contributed by atoms with Gasteiger partial charge in [0.25, 0.3) is 0 Å². The van der Waals surface area contributed by atoms with Crippen molar-refractivity contribution in [3.8, 4) is 0 Å². The van der Waals surface area contributed by atoms with E-state index in [0.717, 1.165) is 51.4 Å². The molecule has 0 heterocycles. The zero-order chi connectivity index (χ0) is 28.1. The van der Waals surface area contributed by atoms with Gasteiger partial charge >= 0.3 is 0 Å². The molecule has 4 saturated carbocycles. The number of hydrogen-bond acceptors (Lipinski definition) is 7. The minimum atomic E-state index is -0.495. The van der Waals surface area contributed by atoms with Crippen molar-refractivity contribution in [2.45, 2.75) is 139 Å². The van der Waals surface area contributed by atoms with Gasteiger partial charge in [0.05, 0.1) is 12.2 Å². The normalized spacial score (nSPS) is 35.5. The molecule has 4 aliphatic rings. The third-order valence-corrected chi connectivity index (χ3v) is 10.2. The van der Waals surface area contributed by atoms with Crippen LogP contribution in [-0.2, 0) is 14.3 Å². The number of nitrogens with zero attached hydrogens (tertiary/aromatic N) is 4. The summed E-state index contributed by atoms with van der Waals surface area (Å²) in [6, 6.07) is -0.570. The summed E-state index contributed by atoms with van der Waals surface area (Å²) in [5, 5.41) is 22.0. The van der Waals surface area contributed by atoms with Crippen LogP contribution in [0.1, 0.15) is 103 Å². The van der Waals surface area contributed by atoms with Crippen LogP contribution in [0.5, 0.6) is 0 Å². The molecule has 0 saturated heterocycles. The van der Waals surface area contributed by atoms with Gasteiger partial charge in [-0.15, -0.1) is 0 Å². The van der Waals surface area contributed by atoms with Crippen LogP contribution >= 0.6 is 0 Å². The van der Waals surface area contributed by atoms with E-state index >= 15 is 0 Å². The predicted molar refractivity (Wildman–Crippen MR) is 144 cm³/mol. The van der Waals surface area contributed by atoms with Gasteiger partial charge in [0.15, 0.2) is 0 Å². The van der Waals surface area contributed by atoms with Gasteiger partial charge in [-0.25, -0.2) is 0 Å². The summed E-state index contributed by atoms with van der Waals surface area (Å²) >= 11 is 0. The van der Waals surface area contributed by atoms with Crippen LogP contribution in [0.2, 0.25) is 0 Å². The highest BCUT2D eigenvalue weighted by atomic mass is 16.6. The Hall–Kier alpha value is -2.30. The largest absolute Gasteiger partial charge is 0.375 e. The Labute approximate surface area is 231 Å². The van der Waals surface area contributed by atoms with Crippen LogP contribution in [0, 0.1) is 32.1 Å². The molecule has 0 N–H and O–H groups in total. The topological polar surface area (TPSA) is 136 Å². The Bertz CT molecular complexity index is 799. The third kappa shape index (κ3) is 7.46. The van der Waals surface area contributed by atoms with Crippen LogP contribution in [0.4, 0.5) is 0 Å². The van der Waals surface area contributed by atoms with E-state index in [1.165, 1.54) is 0 Å². The summed E-state index contributed by atoms with van der Waals surface area (Å²) in [5.74, 6) is 0.112. The van der Waals surface area contributed by atoms with Gasteiger partial charge in [0.2, 0.25) is 23.9 Å². The van der Waals surface area contributed by atoms with Gasteiger partial charge in [0.1, 0.15) is 0 Å². The van der Waals surface area contributed by atoms with Crippen molar-refractivity contribution < 1.29 is 24.2 Å². The van der Waals surface area contributed by atoms with E-state index in [2.05, 4.69) is 0 Å². The molecule has 0 bridgehead atoms. The van der Waals surface area contributed by atoms with Crippen LogP contribution in [0.25, 0.3) is 0 Å². The summed E-state index contributed by atoms with van der Waals surface area (Å²) in [6.07, 6.45) is 12.2. The molecule has 0 atom stereocenters. The van der Waals surface area contributed by atoms with Crippen molar-refractivity contribution in [3.05, 3.63) is 20.2 Å². The van der Waals surface area contributed by atoms with E-state index in [1.807, 2.05) is 23.9 Å². The highest BCUT2D eigenvalue weighted by Crippen LogP contribution is 2.34. The molecule has 220 valence electrons. The van der Waals surface area contributed by atoms with Gasteiger partial charge < -0.3 is 14.5 Å². The number of nitro groups is 2. The quantitative estimate of drug-likeness (QED) is 0.326. The van der Waals surface area contributed by atoms with Crippen LogP contribution in [0.3, 0.4) is 0 Å². The van der Waals surface area contributed by atoms with E-state index in [1.54, 1.807) is 0 Å². The van der Waals surface area contributed by atoms with Crippen molar-refractivity contribution >= 4 is 11.8 Å². The molecule has 0 spiro atoms. The van der Waals surface area contributed by atoms with Crippen LogP contribution < -0.4 is 0 Å². The predicted octanol–water partition coefficient (Wildman–Crippen LogP) is 4.21. The van der Waals surface area contributed by atoms with Crippen LogP contribution in [0.15, 0.2) is 0 Å². The fraction of sp³-hybridized carbons (Fsp3) is 0.929. The number of amides is 2. The lowest BCUT2D eigenvalue weighted by Gasteiger charge is -2.40. The van der Waals surface area contributed by atoms with Crippen molar-refractivity contribution in [1.82, 2.24) is 9.80 Å². The molecule has 11 heteroatoms. The molecule has 4 aliphatic carbocycles. The fourth-order valence-corrected chi connectivity index (χ4v) is 7.41. The van der Waals surface area contributed by atoms with Gasteiger partial charge in [-0.2, -0.15) is 0 Å². The molecule has 0 radical (unpaired) electrons. The van der Waals surface area contributed by atoms with Crippen molar-refractivity contribution in [1.29, 1.82) is 0 Å². The molecule has 0 aliphatic heterocycles. The highest BCUT2D eigenvalue weighted by Gasteiger charge is 2.38. The van der Waals surface area contributed by atoms with Gasteiger partial charge in [-0.1, -0.05) is 0 Å². The molecular formula is C28H46N4O7. The minimum Gasteiger partial charge on any atom is -0.375 e. The number of ether oxygens (including phenoxy) is 1. The first-order valence-corrected chi connectivity index (χ1v) is 15.1. The minimum absolute atomic E-state index is 0.0866. The maximum atomic E-state index is 13.0. The number of hydrogen-bond donors (Lipinski definition) is 0. The molecule has 4 fully saturated rings. The summed E-state index contributed by atoms with van der Waals surface area (Å²) < 4.78 is 6.48. The first-order valence-electron chi connectivity index (χ1n) is 15.1. The lowest BCUT2D eigenvalue weighted by Crippen LogP contribution is -2.46. The summed E-state index contributed by atoms with van der Waals surface area (Å²) in [7, 11) is 3.78. The molecule has 0 unspecified atom stereocenters. The average Bonchev–Trinajstić information content (AvgIpc) is 2.96. The SMILES string of the molecule is CN(C(=O)C1CCC([N+](=O)[O-])CC1)C1CCC(OC2CCC(N(C)C(=O)C3CCC([N+](=O)[O-])CC3)CC2)CC1. The lowest BCUT2D eigenvalue weighted by atomic mass is 9.84. The zero-order valence-corrected chi connectivity index (χ0v) is 23.6. The monoisotopic (exact) mass is 550 g/mol. The van der Waals surface area contributed by atoms with E-state index in [4.69, 9.17) is 4.74 Å². The molecular weight excluding hydrogens is 504 g/mol. The molecule has 39 heavy (non-hydrogen) atoms.